The molecule has 1 aliphatic rings. The first-order valence-electron chi connectivity index (χ1n) is 10.7. The molecule has 4 aromatic carbocycles. The molecule has 0 fully saturated rings. The SMILES string of the molecule is CC1(C)c2ccccc2-c2ccc3c4ccccc4n(-c4cccc5ocnc45)c3c21. The zero-order chi connectivity index (χ0) is 20.7. The van der Waals surface area contributed by atoms with E-state index in [0.29, 0.717) is 0 Å². The van der Waals surface area contributed by atoms with Crippen molar-refractivity contribution in [2.24, 2.45) is 0 Å². The Morgan fingerprint density at radius 2 is 1.61 bits per heavy atom. The van der Waals surface area contributed by atoms with Crippen molar-refractivity contribution in [3.63, 3.8) is 0 Å². The van der Waals surface area contributed by atoms with Crippen LogP contribution in [0.15, 0.2) is 89.7 Å². The van der Waals surface area contributed by atoms with E-state index in [2.05, 4.69) is 90.1 Å². The first kappa shape index (κ1) is 16.9. The number of benzene rings is 4. The number of rotatable bonds is 1. The smallest absolute Gasteiger partial charge is 0.182 e. The number of aromatic nitrogens is 2. The van der Waals surface area contributed by atoms with Crippen molar-refractivity contribution in [1.29, 1.82) is 0 Å². The molecule has 0 bridgehead atoms. The van der Waals surface area contributed by atoms with Crippen molar-refractivity contribution >= 4 is 32.9 Å². The molecule has 0 N–H and O–H groups in total. The molecule has 2 heterocycles. The number of para-hydroxylation sites is 2. The van der Waals surface area contributed by atoms with E-state index >= 15 is 0 Å². The highest BCUT2D eigenvalue weighted by Gasteiger charge is 2.38. The number of oxazole rings is 1. The average Bonchev–Trinajstić information content (AvgIpc) is 3.46. The van der Waals surface area contributed by atoms with Gasteiger partial charge in [-0.05, 0) is 40.5 Å². The van der Waals surface area contributed by atoms with Crippen LogP contribution in [0.2, 0.25) is 0 Å². The summed E-state index contributed by atoms with van der Waals surface area (Å²) in [4.78, 5) is 4.57. The summed E-state index contributed by atoms with van der Waals surface area (Å²) in [6.07, 6.45) is 1.53. The third-order valence-corrected chi connectivity index (χ3v) is 6.93. The Balaban J connectivity index is 1.74. The van der Waals surface area contributed by atoms with Gasteiger partial charge in [-0.3, -0.25) is 0 Å². The van der Waals surface area contributed by atoms with Crippen LogP contribution in [0.3, 0.4) is 0 Å². The summed E-state index contributed by atoms with van der Waals surface area (Å²) in [6.45, 7) is 4.69. The summed E-state index contributed by atoms with van der Waals surface area (Å²) in [5.74, 6) is 0. The van der Waals surface area contributed by atoms with Gasteiger partial charge >= 0.3 is 0 Å². The van der Waals surface area contributed by atoms with Crippen molar-refractivity contribution in [3.05, 3.63) is 96.4 Å². The maximum absolute atomic E-state index is 5.64. The molecule has 0 radical (unpaired) electrons. The maximum atomic E-state index is 5.64. The van der Waals surface area contributed by atoms with Gasteiger partial charge in [0.05, 0.1) is 16.7 Å². The summed E-state index contributed by atoms with van der Waals surface area (Å²) in [5.41, 5.74) is 10.5. The number of fused-ring (bicyclic) bond motifs is 8. The topological polar surface area (TPSA) is 31.0 Å². The third kappa shape index (κ3) is 2.01. The molecule has 2 aromatic heterocycles. The van der Waals surface area contributed by atoms with E-state index < -0.39 is 0 Å². The van der Waals surface area contributed by atoms with Crippen LogP contribution >= 0.6 is 0 Å². The van der Waals surface area contributed by atoms with Gasteiger partial charge in [-0.1, -0.05) is 74.5 Å². The minimum atomic E-state index is -0.102. The quantitative estimate of drug-likeness (QED) is 0.291. The summed E-state index contributed by atoms with van der Waals surface area (Å²) in [7, 11) is 0. The summed E-state index contributed by atoms with van der Waals surface area (Å²) >= 11 is 0. The molecule has 0 aliphatic heterocycles. The predicted octanol–water partition coefficient (Wildman–Crippen LogP) is 7.23. The highest BCUT2D eigenvalue weighted by atomic mass is 16.3. The molecule has 7 rings (SSSR count). The van der Waals surface area contributed by atoms with Crippen LogP contribution in [0.5, 0.6) is 0 Å². The summed E-state index contributed by atoms with van der Waals surface area (Å²) in [5, 5.41) is 2.53. The molecular formula is C28H20N2O. The van der Waals surface area contributed by atoms with Crippen molar-refractivity contribution in [2.45, 2.75) is 19.3 Å². The van der Waals surface area contributed by atoms with Gasteiger partial charge in [0.2, 0.25) is 0 Å². The summed E-state index contributed by atoms with van der Waals surface area (Å²) in [6, 6.07) is 28.2. The zero-order valence-electron chi connectivity index (χ0n) is 17.4. The van der Waals surface area contributed by atoms with Crippen LogP contribution in [0.25, 0.3) is 49.7 Å². The van der Waals surface area contributed by atoms with Crippen LogP contribution in [0.4, 0.5) is 0 Å². The van der Waals surface area contributed by atoms with Crippen LogP contribution < -0.4 is 0 Å². The van der Waals surface area contributed by atoms with Gasteiger partial charge in [0.1, 0.15) is 5.52 Å². The lowest BCUT2D eigenvalue weighted by Crippen LogP contribution is -2.16. The zero-order valence-corrected chi connectivity index (χ0v) is 17.4. The second-order valence-electron chi connectivity index (χ2n) is 8.88. The molecule has 6 aromatic rings. The molecule has 3 nitrogen and oxygen atoms in total. The Kier molecular flexibility index (Phi) is 3.07. The lowest BCUT2D eigenvalue weighted by Gasteiger charge is -2.23. The minimum Gasteiger partial charge on any atom is -0.443 e. The Hall–Kier alpha value is -3.85. The Morgan fingerprint density at radius 1 is 0.774 bits per heavy atom. The van der Waals surface area contributed by atoms with Crippen molar-refractivity contribution in [1.82, 2.24) is 9.55 Å². The van der Waals surface area contributed by atoms with Crippen molar-refractivity contribution < 1.29 is 4.42 Å². The van der Waals surface area contributed by atoms with Gasteiger partial charge in [0.25, 0.3) is 0 Å². The fourth-order valence-electron chi connectivity index (χ4n) is 5.61. The highest BCUT2D eigenvalue weighted by molar-refractivity contribution is 6.13. The highest BCUT2D eigenvalue weighted by Crippen LogP contribution is 2.52. The van der Waals surface area contributed by atoms with E-state index in [1.807, 2.05) is 12.1 Å². The van der Waals surface area contributed by atoms with Gasteiger partial charge in [-0.15, -0.1) is 0 Å². The number of nitrogens with zero attached hydrogens (tertiary/aromatic N) is 2. The van der Waals surface area contributed by atoms with Gasteiger partial charge in [0.15, 0.2) is 12.0 Å². The molecule has 148 valence electrons. The van der Waals surface area contributed by atoms with E-state index in [4.69, 9.17) is 4.42 Å². The second kappa shape index (κ2) is 5.64. The second-order valence-corrected chi connectivity index (χ2v) is 8.88. The van der Waals surface area contributed by atoms with Gasteiger partial charge in [-0.25, -0.2) is 4.98 Å². The van der Waals surface area contributed by atoms with Gasteiger partial charge in [-0.2, -0.15) is 0 Å². The Labute approximate surface area is 179 Å². The molecular weight excluding hydrogens is 380 g/mol. The molecule has 1 aliphatic carbocycles. The lowest BCUT2D eigenvalue weighted by atomic mass is 9.81. The van der Waals surface area contributed by atoms with Gasteiger partial charge in [0, 0.05) is 16.2 Å². The fraction of sp³-hybridized carbons (Fsp3) is 0.107. The number of hydrogen-bond acceptors (Lipinski definition) is 2. The molecule has 0 spiro atoms. The summed E-state index contributed by atoms with van der Waals surface area (Å²) < 4.78 is 8.03. The van der Waals surface area contributed by atoms with E-state index in [1.165, 1.54) is 50.5 Å². The third-order valence-electron chi connectivity index (χ3n) is 6.93. The van der Waals surface area contributed by atoms with Gasteiger partial charge < -0.3 is 8.98 Å². The molecule has 0 saturated carbocycles. The monoisotopic (exact) mass is 400 g/mol. The van der Waals surface area contributed by atoms with Crippen LogP contribution in [-0.2, 0) is 5.41 Å². The molecule has 0 amide bonds. The molecule has 0 atom stereocenters. The van der Waals surface area contributed by atoms with Crippen molar-refractivity contribution in [3.8, 4) is 16.8 Å². The van der Waals surface area contributed by atoms with E-state index in [9.17, 15) is 0 Å². The molecule has 31 heavy (non-hydrogen) atoms. The molecule has 3 heteroatoms. The maximum Gasteiger partial charge on any atom is 0.182 e. The lowest BCUT2D eigenvalue weighted by molar-refractivity contribution is 0.602. The normalized spacial score (nSPS) is 14.4. The number of hydrogen-bond donors (Lipinski definition) is 0. The molecule has 0 saturated heterocycles. The fourth-order valence-corrected chi connectivity index (χ4v) is 5.61. The Morgan fingerprint density at radius 3 is 2.55 bits per heavy atom. The first-order chi connectivity index (χ1) is 15.2. The van der Waals surface area contributed by atoms with E-state index in [0.717, 1.165) is 16.8 Å². The van der Waals surface area contributed by atoms with Crippen LogP contribution in [0.1, 0.15) is 25.0 Å². The first-order valence-corrected chi connectivity index (χ1v) is 10.7. The van der Waals surface area contributed by atoms with Crippen LogP contribution in [-0.4, -0.2) is 9.55 Å². The Bertz CT molecular complexity index is 1670. The predicted molar refractivity (Wildman–Crippen MR) is 126 cm³/mol. The van der Waals surface area contributed by atoms with Crippen molar-refractivity contribution in [2.75, 3.05) is 0 Å². The van der Waals surface area contributed by atoms with E-state index in [-0.39, 0.29) is 5.41 Å². The standard InChI is InChI=1S/C28H20N2O/c1-28(2)21-10-5-3-8-17(21)19-14-15-20-18-9-4-6-11-22(18)30(27(20)25(19)28)23-12-7-13-24-26(23)29-16-31-24/h3-16H,1-2H3. The van der Waals surface area contributed by atoms with E-state index in [1.54, 1.807) is 0 Å². The largest absolute Gasteiger partial charge is 0.443 e. The average molecular weight is 400 g/mol. The van der Waals surface area contributed by atoms with Crippen LogP contribution in [0, 0.1) is 0 Å². The molecule has 0 unspecified atom stereocenters. The minimum absolute atomic E-state index is 0.102.